The van der Waals surface area contributed by atoms with E-state index < -0.39 is 33.5 Å². The lowest BCUT2D eigenvalue weighted by atomic mass is 10.0. The summed E-state index contributed by atoms with van der Waals surface area (Å²) in [6, 6.07) is 12.7. The lowest BCUT2D eigenvalue weighted by Gasteiger charge is -2.21. The normalized spacial score (nSPS) is 12.8. The molecular formula is C23H30N2O5S. The monoisotopic (exact) mass is 446 g/mol. The second-order valence-electron chi connectivity index (χ2n) is 8.30. The van der Waals surface area contributed by atoms with Gasteiger partial charge in [0.15, 0.2) is 0 Å². The highest BCUT2D eigenvalue weighted by Gasteiger charge is 2.26. The van der Waals surface area contributed by atoms with Crippen molar-refractivity contribution in [2.45, 2.75) is 57.5 Å². The summed E-state index contributed by atoms with van der Waals surface area (Å²) in [6.07, 6.45) is 0.258. The maximum absolute atomic E-state index is 13.0. The molecule has 0 saturated carbocycles. The number of hydrogen-bond acceptors (Lipinski definition) is 5. The minimum absolute atomic E-state index is 0.0195. The van der Waals surface area contributed by atoms with E-state index in [2.05, 4.69) is 10.0 Å². The number of carbonyl (C=O) groups excluding carboxylic acids is 2. The van der Waals surface area contributed by atoms with Gasteiger partial charge < -0.3 is 10.1 Å². The van der Waals surface area contributed by atoms with Crippen LogP contribution < -0.4 is 10.0 Å². The minimum atomic E-state index is -3.81. The number of ether oxygens (including phenoxy) is 1. The maximum Gasteiger partial charge on any atom is 0.328 e. The quantitative estimate of drug-likeness (QED) is 0.607. The van der Waals surface area contributed by atoms with Gasteiger partial charge in [0.25, 0.3) is 5.91 Å². The first-order chi connectivity index (χ1) is 14.4. The Morgan fingerprint density at radius 3 is 2.29 bits per heavy atom. The first-order valence-electron chi connectivity index (χ1n) is 10.1. The minimum Gasteiger partial charge on any atom is -0.464 e. The summed E-state index contributed by atoms with van der Waals surface area (Å²) in [5, 5.41) is 2.71. The summed E-state index contributed by atoms with van der Waals surface area (Å²) in [4.78, 5) is 25.4. The van der Waals surface area contributed by atoms with Crippen LogP contribution in [0.1, 0.15) is 49.2 Å². The number of hydrogen-bond donors (Lipinski definition) is 2. The van der Waals surface area contributed by atoms with E-state index in [4.69, 9.17) is 4.74 Å². The molecular weight excluding hydrogens is 416 g/mol. The number of benzene rings is 2. The van der Waals surface area contributed by atoms with E-state index in [0.717, 1.165) is 5.56 Å². The Hall–Kier alpha value is -2.71. The van der Waals surface area contributed by atoms with E-state index in [9.17, 15) is 18.0 Å². The lowest BCUT2D eigenvalue weighted by Crippen LogP contribution is -2.43. The van der Waals surface area contributed by atoms with Crippen molar-refractivity contribution in [1.82, 2.24) is 10.0 Å². The van der Waals surface area contributed by atoms with Crippen molar-refractivity contribution in [2.75, 3.05) is 6.61 Å². The predicted octanol–water partition coefficient (Wildman–Crippen LogP) is 2.98. The number of aryl methyl sites for hydroxylation is 1. The highest BCUT2D eigenvalue weighted by atomic mass is 32.2. The molecule has 2 rings (SSSR count). The second kappa shape index (κ2) is 10.1. The van der Waals surface area contributed by atoms with Crippen molar-refractivity contribution in [3.05, 3.63) is 65.2 Å². The van der Waals surface area contributed by atoms with Crippen LogP contribution in [0.2, 0.25) is 0 Å². The van der Waals surface area contributed by atoms with Gasteiger partial charge in [-0.15, -0.1) is 0 Å². The van der Waals surface area contributed by atoms with E-state index in [1.165, 1.54) is 12.1 Å². The van der Waals surface area contributed by atoms with Gasteiger partial charge in [-0.1, -0.05) is 36.4 Å². The Morgan fingerprint density at radius 1 is 1.06 bits per heavy atom. The van der Waals surface area contributed by atoms with Crippen molar-refractivity contribution in [3.8, 4) is 0 Å². The molecule has 0 spiro atoms. The molecule has 7 nitrogen and oxygen atoms in total. The summed E-state index contributed by atoms with van der Waals surface area (Å²) < 4.78 is 33.0. The molecule has 0 saturated heterocycles. The maximum atomic E-state index is 13.0. The lowest BCUT2D eigenvalue weighted by molar-refractivity contribution is -0.145. The summed E-state index contributed by atoms with van der Waals surface area (Å²) in [7, 11) is -3.81. The van der Waals surface area contributed by atoms with Crippen molar-refractivity contribution in [1.29, 1.82) is 0 Å². The molecule has 8 heteroatoms. The predicted molar refractivity (Wildman–Crippen MR) is 119 cm³/mol. The van der Waals surface area contributed by atoms with Gasteiger partial charge >= 0.3 is 5.97 Å². The number of carbonyl (C=O) groups is 2. The van der Waals surface area contributed by atoms with Crippen LogP contribution in [-0.4, -0.2) is 38.5 Å². The Bertz CT molecular complexity index is 1030. The van der Waals surface area contributed by atoms with E-state index in [-0.39, 0.29) is 23.5 Å². The molecule has 0 aliphatic carbocycles. The zero-order chi connectivity index (χ0) is 23.2. The van der Waals surface area contributed by atoms with Crippen LogP contribution in [0.3, 0.4) is 0 Å². The van der Waals surface area contributed by atoms with Crippen LogP contribution in [-0.2, 0) is 26.0 Å². The summed E-state index contributed by atoms with van der Waals surface area (Å²) in [5.74, 6) is -1.09. The Kier molecular flexibility index (Phi) is 7.97. The molecule has 2 aromatic carbocycles. The third kappa shape index (κ3) is 7.18. The Morgan fingerprint density at radius 2 is 1.71 bits per heavy atom. The van der Waals surface area contributed by atoms with Crippen molar-refractivity contribution in [2.24, 2.45) is 0 Å². The third-order valence-electron chi connectivity index (χ3n) is 4.36. The van der Waals surface area contributed by atoms with Crippen LogP contribution in [0.25, 0.3) is 0 Å². The zero-order valence-corrected chi connectivity index (χ0v) is 19.4. The van der Waals surface area contributed by atoms with Crippen LogP contribution in [0, 0.1) is 6.92 Å². The van der Waals surface area contributed by atoms with E-state index >= 15 is 0 Å². The Balaban J connectivity index is 2.31. The molecule has 1 unspecified atom stereocenters. The second-order valence-corrected chi connectivity index (χ2v) is 9.98. The molecule has 0 radical (unpaired) electrons. The smallest absolute Gasteiger partial charge is 0.328 e. The highest BCUT2D eigenvalue weighted by molar-refractivity contribution is 7.89. The van der Waals surface area contributed by atoms with Crippen LogP contribution in [0.4, 0.5) is 0 Å². The fourth-order valence-electron chi connectivity index (χ4n) is 3.00. The molecule has 31 heavy (non-hydrogen) atoms. The first-order valence-corrected chi connectivity index (χ1v) is 11.6. The van der Waals surface area contributed by atoms with Crippen molar-refractivity contribution >= 4 is 21.9 Å². The third-order valence-corrected chi connectivity index (χ3v) is 6.12. The number of rotatable bonds is 8. The standard InChI is InChI=1S/C23H30N2O5S/c1-6-30-22(27)20(14-17-10-8-7-9-11-17)24-21(26)19-15-18(13-12-16(19)2)31(28,29)25-23(3,4)5/h7-13,15,20,25H,6,14H2,1-5H3,(H,24,26). The number of sulfonamides is 1. The topological polar surface area (TPSA) is 102 Å². The van der Waals surface area contributed by atoms with Gasteiger partial charge in [0, 0.05) is 17.5 Å². The van der Waals surface area contributed by atoms with Gasteiger partial charge in [0.1, 0.15) is 6.04 Å². The van der Waals surface area contributed by atoms with Crippen LogP contribution in [0.5, 0.6) is 0 Å². The Labute approximate surface area is 184 Å². The van der Waals surface area contributed by atoms with Gasteiger partial charge in [0.05, 0.1) is 11.5 Å². The van der Waals surface area contributed by atoms with E-state index in [0.29, 0.717) is 5.56 Å². The molecule has 0 aliphatic rings. The van der Waals surface area contributed by atoms with E-state index in [1.807, 2.05) is 30.3 Å². The van der Waals surface area contributed by atoms with Crippen LogP contribution in [0.15, 0.2) is 53.4 Å². The van der Waals surface area contributed by atoms with Gasteiger partial charge in [0.2, 0.25) is 10.0 Å². The summed E-state index contributed by atoms with van der Waals surface area (Å²) in [5.41, 5.74) is 0.966. The molecule has 0 bridgehead atoms. The fraction of sp³-hybridized carbons (Fsp3) is 0.391. The molecule has 0 aromatic heterocycles. The zero-order valence-electron chi connectivity index (χ0n) is 18.6. The van der Waals surface area contributed by atoms with Crippen molar-refractivity contribution in [3.63, 3.8) is 0 Å². The van der Waals surface area contributed by atoms with Gasteiger partial charge in [-0.25, -0.2) is 17.9 Å². The fourth-order valence-corrected chi connectivity index (χ4v) is 4.44. The molecule has 2 aromatic rings. The molecule has 1 amide bonds. The van der Waals surface area contributed by atoms with Crippen LogP contribution >= 0.6 is 0 Å². The first kappa shape index (κ1) is 24.6. The largest absolute Gasteiger partial charge is 0.464 e. The molecule has 1 atom stereocenters. The average Bonchev–Trinajstić information content (AvgIpc) is 2.66. The number of amides is 1. The number of nitrogens with one attached hydrogen (secondary N) is 2. The molecule has 168 valence electrons. The van der Waals surface area contributed by atoms with Gasteiger partial charge in [-0.3, -0.25) is 4.79 Å². The average molecular weight is 447 g/mol. The van der Waals surface area contributed by atoms with Crippen molar-refractivity contribution < 1.29 is 22.7 Å². The molecule has 0 heterocycles. The molecule has 0 aliphatic heterocycles. The van der Waals surface area contributed by atoms with E-state index in [1.54, 1.807) is 40.7 Å². The molecule has 2 N–H and O–H groups in total. The SMILES string of the molecule is CCOC(=O)C(Cc1ccccc1)NC(=O)c1cc(S(=O)(=O)NC(C)(C)C)ccc1C. The number of esters is 1. The molecule has 0 fully saturated rings. The van der Waals surface area contributed by atoms with Gasteiger partial charge in [-0.05, 0) is 57.9 Å². The highest BCUT2D eigenvalue weighted by Crippen LogP contribution is 2.18. The summed E-state index contributed by atoms with van der Waals surface area (Å²) >= 11 is 0. The summed E-state index contributed by atoms with van der Waals surface area (Å²) in [6.45, 7) is 8.80. The van der Waals surface area contributed by atoms with Gasteiger partial charge in [-0.2, -0.15) is 0 Å².